The summed E-state index contributed by atoms with van der Waals surface area (Å²) in [5.74, 6) is 1.51. The van der Waals surface area contributed by atoms with Gasteiger partial charge in [-0.2, -0.15) is 4.98 Å². The SMILES string of the molecule is COc1ccc2[nH]c(CN3CCC=C(c4cccnc4)C3)nc2n1. The summed E-state index contributed by atoms with van der Waals surface area (Å²) in [6, 6.07) is 7.89. The fourth-order valence-corrected chi connectivity index (χ4v) is 3.03. The van der Waals surface area contributed by atoms with Crippen LogP contribution < -0.4 is 4.74 Å². The number of nitrogens with one attached hydrogen (secondary N) is 1. The second kappa shape index (κ2) is 6.41. The van der Waals surface area contributed by atoms with E-state index in [1.807, 2.05) is 24.4 Å². The number of methoxy groups -OCH3 is 1. The minimum atomic E-state index is 0.584. The van der Waals surface area contributed by atoms with E-state index in [-0.39, 0.29) is 0 Å². The number of aromatic nitrogens is 4. The van der Waals surface area contributed by atoms with Crippen molar-refractivity contribution in [3.8, 4) is 5.88 Å². The molecule has 6 heteroatoms. The first-order valence-electron chi connectivity index (χ1n) is 8.03. The van der Waals surface area contributed by atoms with Gasteiger partial charge in [-0.1, -0.05) is 12.1 Å². The van der Waals surface area contributed by atoms with Crippen LogP contribution >= 0.6 is 0 Å². The van der Waals surface area contributed by atoms with E-state index < -0.39 is 0 Å². The molecule has 0 spiro atoms. The van der Waals surface area contributed by atoms with E-state index in [4.69, 9.17) is 4.74 Å². The number of H-pyrrole nitrogens is 1. The number of rotatable bonds is 4. The largest absolute Gasteiger partial charge is 0.481 e. The van der Waals surface area contributed by atoms with Crippen molar-refractivity contribution in [3.63, 3.8) is 0 Å². The molecule has 1 aliphatic rings. The molecule has 0 atom stereocenters. The molecule has 0 radical (unpaired) electrons. The number of nitrogens with zero attached hydrogens (tertiary/aromatic N) is 4. The molecule has 4 heterocycles. The highest BCUT2D eigenvalue weighted by Gasteiger charge is 2.16. The van der Waals surface area contributed by atoms with Gasteiger partial charge in [-0.3, -0.25) is 9.88 Å². The standard InChI is InChI=1S/C18H19N5O/c1-24-17-7-6-15-18(22-17)21-16(20-15)12-23-9-3-5-14(11-23)13-4-2-8-19-10-13/h2,4-8,10H,3,9,11-12H2,1H3,(H,20,21,22). The van der Waals surface area contributed by atoms with E-state index in [1.54, 1.807) is 13.3 Å². The van der Waals surface area contributed by atoms with Crippen molar-refractivity contribution in [1.29, 1.82) is 0 Å². The molecular formula is C18H19N5O. The minimum Gasteiger partial charge on any atom is -0.481 e. The maximum atomic E-state index is 5.16. The van der Waals surface area contributed by atoms with Gasteiger partial charge < -0.3 is 9.72 Å². The van der Waals surface area contributed by atoms with Crippen LogP contribution in [0.15, 0.2) is 42.7 Å². The van der Waals surface area contributed by atoms with Crippen molar-refractivity contribution in [2.75, 3.05) is 20.2 Å². The van der Waals surface area contributed by atoms with Crippen molar-refractivity contribution in [3.05, 3.63) is 54.1 Å². The molecule has 0 amide bonds. The summed E-state index contributed by atoms with van der Waals surface area (Å²) >= 11 is 0. The third-order valence-electron chi connectivity index (χ3n) is 4.21. The summed E-state index contributed by atoms with van der Waals surface area (Å²) in [5.41, 5.74) is 4.15. The Balaban J connectivity index is 1.50. The van der Waals surface area contributed by atoms with Crippen LogP contribution in [-0.2, 0) is 6.54 Å². The lowest BCUT2D eigenvalue weighted by Gasteiger charge is -2.26. The molecule has 1 aliphatic heterocycles. The molecule has 0 saturated heterocycles. The lowest BCUT2D eigenvalue weighted by molar-refractivity contribution is 0.290. The highest BCUT2D eigenvalue weighted by Crippen LogP contribution is 2.21. The molecule has 3 aromatic rings. The zero-order chi connectivity index (χ0) is 16.4. The highest BCUT2D eigenvalue weighted by atomic mass is 16.5. The first-order valence-corrected chi connectivity index (χ1v) is 8.03. The van der Waals surface area contributed by atoms with Crippen molar-refractivity contribution < 1.29 is 4.74 Å². The van der Waals surface area contributed by atoms with E-state index in [0.717, 1.165) is 37.4 Å². The van der Waals surface area contributed by atoms with E-state index >= 15 is 0 Å². The fraction of sp³-hybridized carbons (Fsp3) is 0.278. The highest BCUT2D eigenvalue weighted by molar-refractivity contribution is 5.71. The molecule has 6 nitrogen and oxygen atoms in total. The van der Waals surface area contributed by atoms with Gasteiger partial charge in [0, 0.05) is 31.5 Å². The summed E-state index contributed by atoms with van der Waals surface area (Å²) in [5, 5.41) is 0. The minimum absolute atomic E-state index is 0.584. The Morgan fingerprint density at radius 3 is 3.04 bits per heavy atom. The van der Waals surface area contributed by atoms with E-state index in [1.165, 1.54) is 11.1 Å². The number of imidazole rings is 1. The van der Waals surface area contributed by atoms with Gasteiger partial charge in [0.15, 0.2) is 5.65 Å². The normalized spacial score (nSPS) is 15.5. The lowest BCUT2D eigenvalue weighted by Crippen LogP contribution is -2.29. The van der Waals surface area contributed by atoms with Crippen molar-refractivity contribution in [2.45, 2.75) is 13.0 Å². The van der Waals surface area contributed by atoms with Crippen LogP contribution in [0, 0.1) is 0 Å². The van der Waals surface area contributed by atoms with E-state index in [0.29, 0.717) is 11.5 Å². The van der Waals surface area contributed by atoms with Crippen LogP contribution in [0.5, 0.6) is 5.88 Å². The van der Waals surface area contributed by atoms with Crippen LogP contribution in [0.4, 0.5) is 0 Å². The Bertz CT molecular complexity index is 872. The van der Waals surface area contributed by atoms with E-state index in [9.17, 15) is 0 Å². The van der Waals surface area contributed by atoms with Gasteiger partial charge in [0.05, 0.1) is 19.2 Å². The van der Waals surface area contributed by atoms with Gasteiger partial charge in [-0.25, -0.2) is 4.98 Å². The third-order valence-corrected chi connectivity index (χ3v) is 4.21. The Morgan fingerprint density at radius 2 is 2.21 bits per heavy atom. The summed E-state index contributed by atoms with van der Waals surface area (Å²) in [7, 11) is 1.61. The number of aromatic amines is 1. The second-order valence-electron chi connectivity index (χ2n) is 5.88. The first-order chi connectivity index (χ1) is 11.8. The van der Waals surface area contributed by atoms with E-state index in [2.05, 4.69) is 37.0 Å². The molecule has 0 bridgehead atoms. The fourth-order valence-electron chi connectivity index (χ4n) is 3.03. The molecule has 0 fully saturated rings. The maximum absolute atomic E-state index is 5.16. The molecule has 0 aromatic carbocycles. The lowest BCUT2D eigenvalue weighted by atomic mass is 10.0. The Hall–Kier alpha value is -2.73. The number of hydrogen-bond acceptors (Lipinski definition) is 5. The number of hydrogen-bond donors (Lipinski definition) is 1. The average Bonchev–Trinajstić information content (AvgIpc) is 3.04. The van der Waals surface area contributed by atoms with Gasteiger partial charge in [0.2, 0.25) is 5.88 Å². The van der Waals surface area contributed by atoms with Crippen molar-refractivity contribution >= 4 is 16.7 Å². The van der Waals surface area contributed by atoms with Crippen LogP contribution in [0.25, 0.3) is 16.7 Å². The molecule has 0 aliphatic carbocycles. The molecule has 122 valence electrons. The Kier molecular flexibility index (Phi) is 3.96. The van der Waals surface area contributed by atoms with Gasteiger partial charge in [0.25, 0.3) is 0 Å². The molecule has 3 aromatic heterocycles. The van der Waals surface area contributed by atoms with Crippen LogP contribution in [0.2, 0.25) is 0 Å². The molecule has 1 N–H and O–H groups in total. The first kappa shape index (κ1) is 14.8. The number of pyridine rings is 2. The summed E-state index contributed by atoms with van der Waals surface area (Å²) < 4.78 is 5.16. The van der Waals surface area contributed by atoms with Crippen LogP contribution in [0.3, 0.4) is 0 Å². The van der Waals surface area contributed by atoms with Crippen LogP contribution in [-0.4, -0.2) is 45.0 Å². The predicted molar refractivity (Wildman–Crippen MR) is 92.5 cm³/mol. The van der Waals surface area contributed by atoms with Gasteiger partial charge in [0.1, 0.15) is 5.82 Å². The zero-order valence-electron chi connectivity index (χ0n) is 13.6. The molecule has 4 rings (SSSR count). The Morgan fingerprint density at radius 1 is 1.25 bits per heavy atom. The summed E-state index contributed by atoms with van der Waals surface area (Å²) in [6.45, 7) is 2.70. The quantitative estimate of drug-likeness (QED) is 0.800. The molecule has 24 heavy (non-hydrogen) atoms. The molecule has 0 unspecified atom stereocenters. The number of ether oxygens (including phenoxy) is 1. The monoisotopic (exact) mass is 321 g/mol. The van der Waals surface area contributed by atoms with Gasteiger partial charge >= 0.3 is 0 Å². The Labute approximate surface area is 140 Å². The summed E-state index contributed by atoms with van der Waals surface area (Å²) in [4.78, 5) is 18.9. The predicted octanol–water partition coefficient (Wildman–Crippen LogP) is 2.65. The molecular weight excluding hydrogens is 302 g/mol. The summed E-state index contributed by atoms with van der Waals surface area (Å²) in [6.07, 6.45) is 7.07. The van der Waals surface area contributed by atoms with Gasteiger partial charge in [-0.05, 0) is 29.7 Å². The number of fused-ring (bicyclic) bond motifs is 1. The maximum Gasteiger partial charge on any atom is 0.215 e. The average molecular weight is 321 g/mol. The van der Waals surface area contributed by atoms with Crippen molar-refractivity contribution in [1.82, 2.24) is 24.8 Å². The second-order valence-corrected chi connectivity index (χ2v) is 5.88. The van der Waals surface area contributed by atoms with Crippen LogP contribution in [0.1, 0.15) is 17.8 Å². The zero-order valence-corrected chi connectivity index (χ0v) is 13.6. The van der Waals surface area contributed by atoms with Crippen molar-refractivity contribution in [2.24, 2.45) is 0 Å². The third kappa shape index (κ3) is 3.00. The smallest absolute Gasteiger partial charge is 0.215 e. The topological polar surface area (TPSA) is 66.9 Å². The molecule has 0 saturated carbocycles. The van der Waals surface area contributed by atoms with Gasteiger partial charge in [-0.15, -0.1) is 0 Å².